The number of sulfonamides is 1. The Labute approximate surface area is 237 Å². The molecule has 0 aliphatic heterocycles. The maximum atomic E-state index is 12.4. The average molecular weight is 517 g/mol. The van der Waals surface area contributed by atoms with Gasteiger partial charge in [0.25, 0.3) is 0 Å². The van der Waals surface area contributed by atoms with Gasteiger partial charge in [0, 0.05) is 26.2 Å². The molecule has 33 heavy (non-hydrogen) atoms. The van der Waals surface area contributed by atoms with Crippen molar-refractivity contribution in [3.8, 4) is 0 Å². The van der Waals surface area contributed by atoms with Crippen LogP contribution in [0.4, 0.5) is 11.4 Å². The van der Waals surface area contributed by atoms with Gasteiger partial charge < -0.3 is 14.5 Å². The summed E-state index contributed by atoms with van der Waals surface area (Å²) in [6.45, 7) is 3.75. The van der Waals surface area contributed by atoms with E-state index in [4.69, 9.17) is 0 Å². The molecule has 0 saturated heterocycles. The van der Waals surface area contributed by atoms with Crippen LogP contribution in [0.5, 0.6) is 0 Å². The maximum absolute atomic E-state index is 12.4. The minimum Gasteiger partial charge on any atom is -0.744 e. The topological polar surface area (TPSA) is 162 Å². The number of aryl methyl sites for hydroxylation is 1. The second kappa shape index (κ2) is 12.8. The summed E-state index contributed by atoms with van der Waals surface area (Å²) in [5.41, 5.74) is 6.13. The Kier molecular flexibility index (Phi) is 12.6. The number of aromatic carboxylic acids is 1. The zero-order chi connectivity index (χ0) is 23.6. The molecule has 11 nitrogen and oxygen atoms in total. The third-order valence-electron chi connectivity index (χ3n) is 4.25. The van der Waals surface area contributed by atoms with Crippen LogP contribution in [0.2, 0.25) is 0 Å². The minimum atomic E-state index is -4.88. The largest absolute Gasteiger partial charge is 1.00 e. The summed E-state index contributed by atoms with van der Waals surface area (Å²) >= 11 is 0. The molecule has 15 heteroatoms. The molecule has 0 aliphatic rings. The van der Waals surface area contributed by atoms with Gasteiger partial charge in [-0.2, -0.15) is 0 Å². The van der Waals surface area contributed by atoms with Crippen LogP contribution in [0.3, 0.4) is 0 Å². The van der Waals surface area contributed by atoms with Gasteiger partial charge in [-0.1, -0.05) is 13.0 Å². The maximum Gasteiger partial charge on any atom is 1.00 e. The first kappa shape index (κ1) is 32.3. The van der Waals surface area contributed by atoms with Crippen molar-refractivity contribution in [1.29, 1.82) is 0 Å². The number of hydrazine groups is 2. The number of rotatable bonds is 9. The van der Waals surface area contributed by atoms with Crippen LogP contribution in [0.25, 0.3) is 0 Å². The molecule has 0 saturated carbocycles. The van der Waals surface area contributed by atoms with E-state index in [-0.39, 0.29) is 69.7 Å². The van der Waals surface area contributed by atoms with Crippen molar-refractivity contribution < 1.29 is 90.4 Å². The summed E-state index contributed by atoms with van der Waals surface area (Å²) in [4.78, 5) is 10.9. The number of anilines is 2. The number of benzene rings is 2. The van der Waals surface area contributed by atoms with E-state index in [0.717, 1.165) is 16.4 Å². The zero-order valence-electron chi connectivity index (χ0n) is 19.2. The molecule has 0 amide bonds. The normalized spacial score (nSPS) is 11.3. The quantitative estimate of drug-likeness (QED) is 0.186. The molecule has 0 aliphatic carbocycles. The van der Waals surface area contributed by atoms with Gasteiger partial charge in [-0.25, -0.2) is 31.7 Å². The van der Waals surface area contributed by atoms with Crippen LogP contribution in [0, 0.1) is 6.92 Å². The van der Waals surface area contributed by atoms with Gasteiger partial charge in [0.2, 0.25) is 10.0 Å². The van der Waals surface area contributed by atoms with E-state index in [2.05, 4.69) is 10.9 Å². The smallest absolute Gasteiger partial charge is 0.744 e. The second-order valence-corrected chi connectivity index (χ2v) is 10.2. The van der Waals surface area contributed by atoms with Gasteiger partial charge in [-0.3, -0.25) is 5.43 Å². The number of carbonyl (C=O) groups excluding carboxylic acids is 1. The Hall–Kier alpha value is -0.710. The SMILES string of the molecule is CCNN(Nc1cc(S(=O)(=O)N(C)C)ccc1C)c1ccc(S(=O)(=O)[O-])cc1C(=O)[O-].[Na+].[Na+]. The van der Waals surface area contributed by atoms with E-state index < -0.39 is 36.6 Å². The predicted octanol–water partition coefficient (Wildman–Crippen LogP) is -6.12. The van der Waals surface area contributed by atoms with E-state index in [1.54, 1.807) is 19.9 Å². The summed E-state index contributed by atoms with van der Waals surface area (Å²) in [5.74, 6) is -1.70. The van der Waals surface area contributed by atoms with E-state index in [9.17, 15) is 31.3 Å². The third-order valence-corrected chi connectivity index (χ3v) is 6.90. The standard InChI is InChI=1S/C18H24N4O7S2.2Na/c1-5-19-22(17-9-8-14(31(27,28)29)10-15(17)18(23)24)20-16-11-13(7-6-12(16)2)30(25,26)21(3)4;;/h6-11,19-20H,5H2,1-4H3,(H,23,24)(H,27,28,29);;/q;2*+1/p-2. The van der Waals surface area contributed by atoms with Gasteiger partial charge in [0.05, 0.1) is 27.1 Å². The molecule has 2 N–H and O–H groups in total. The molecule has 170 valence electrons. The van der Waals surface area contributed by atoms with Gasteiger partial charge in [-0.15, -0.1) is 0 Å². The van der Waals surface area contributed by atoms with Gasteiger partial charge in [0.1, 0.15) is 10.1 Å². The number of carboxylic acids is 1. The molecule has 2 aromatic rings. The van der Waals surface area contributed by atoms with Crippen molar-refractivity contribution in [3.05, 3.63) is 47.5 Å². The Morgan fingerprint density at radius 3 is 2.06 bits per heavy atom. The fraction of sp³-hybridized carbons (Fsp3) is 0.278. The van der Waals surface area contributed by atoms with Crippen molar-refractivity contribution in [2.24, 2.45) is 0 Å². The van der Waals surface area contributed by atoms with Crippen LogP contribution in [0.1, 0.15) is 22.8 Å². The summed E-state index contributed by atoms with van der Waals surface area (Å²) < 4.78 is 59.7. The minimum absolute atomic E-state index is 0. The number of hydrogen-bond donors (Lipinski definition) is 2. The van der Waals surface area contributed by atoms with Crippen LogP contribution < -0.4 is 80.2 Å². The third kappa shape index (κ3) is 7.90. The number of carbonyl (C=O) groups is 1. The zero-order valence-corrected chi connectivity index (χ0v) is 24.9. The van der Waals surface area contributed by atoms with E-state index in [1.807, 2.05) is 0 Å². The van der Waals surface area contributed by atoms with Crippen LogP contribution in [-0.4, -0.2) is 52.3 Å². The van der Waals surface area contributed by atoms with Gasteiger partial charge in [0.15, 0.2) is 0 Å². The number of nitrogens with zero attached hydrogens (tertiary/aromatic N) is 2. The predicted molar refractivity (Wildman–Crippen MR) is 111 cm³/mol. The molecule has 0 atom stereocenters. The molecule has 0 aromatic heterocycles. The first-order valence-electron chi connectivity index (χ1n) is 8.93. The Bertz CT molecular complexity index is 1210. The molecule has 0 spiro atoms. The molecule has 0 fully saturated rings. The van der Waals surface area contributed by atoms with Crippen LogP contribution in [-0.2, 0) is 20.1 Å². The monoisotopic (exact) mass is 516 g/mol. The summed E-state index contributed by atoms with van der Waals surface area (Å²) in [6, 6.07) is 7.20. The molecule has 0 bridgehead atoms. The Morgan fingerprint density at radius 1 is 1.00 bits per heavy atom. The number of nitrogens with one attached hydrogen (secondary N) is 2. The van der Waals surface area contributed by atoms with E-state index in [1.165, 1.54) is 31.3 Å². The molecule has 0 radical (unpaired) electrons. The van der Waals surface area contributed by atoms with E-state index >= 15 is 0 Å². The number of carboxylic acid groups (broad SMARTS) is 1. The van der Waals surface area contributed by atoms with Crippen LogP contribution >= 0.6 is 0 Å². The summed E-state index contributed by atoms with van der Waals surface area (Å²) in [5, 5.41) is 12.8. The molecule has 2 rings (SSSR count). The molecular formula is C18H22N4Na2O7S2. The Balaban J connectivity index is 0.00000512. The average Bonchev–Trinajstić information content (AvgIpc) is 2.67. The van der Waals surface area contributed by atoms with Crippen molar-refractivity contribution in [2.75, 3.05) is 31.2 Å². The summed E-state index contributed by atoms with van der Waals surface area (Å²) in [7, 11) is -5.82. The van der Waals surface area contributed by atoms with Crippen molar-refractivity contribution in [2.45, 2.75) is 23.6 Å². The second-order valence-electron chi connectivity index (χ2n) is 6.64. The van der Waals surface area contributed by atoms with E-state index in [0.29, 0.717) is 23.9 Å². The molecule has 0 unspecified atom stereocenters. The fourth-order valence-corrected chi connectivity index (χ4v) is 4.01. The number of hydrogen-bond acceptors (Lipinski definition) is 10. The first-order chi connectivity index (χ1) is 14.3. The van der Waals surface area contributed by atoms with Gasteiger partial charge >= 0.3 is 59.1 Å². The van der Waals surface area contributed by atoms with Crippen molar-refractivity contribution >= 4 is 37.5 Å². The fourth-order valence-electron chi connectivity index (χ4n) is 2.59. The summed E-state index contributed by atoms with van der Waals surface area (Å²) in [6.07, 6.45) is 0. The van der Waals surface area contributed by atoms with Crippen LogP contribution in [0.15, 0.2) is 46.2 Å². The molecule has 2 aromatic carbocycles. The first-order valence-corrected chi connectivity index (χ1v) is 11.8. The molecular weight excluding hydrogens is 494 g/mol. The Morgan fingerprint density at radius 2 is 1.58 bits per heavy atom. The van der Waals surface area contributed by atoms with Crippen molar-refractivity contribution in [1.82, 2.24) is 9.73 Å². The van der Waals surface area contributed by atoms with Crippen molar-refractivity contribution in [3.63, 3.8) is 0 Å². The van der Waals surface area contributed by atoms with Gasteiger partial charge in [-0.05, 0) is 42.8 Å². The molecule has 0 heterocycles.